The molecule has 0 aliphatic carbocycles. The van der Waals surface area contributed by atoms with E-state index in [2.05, 4.69) is 27.7 Å². The largest absolute Gasteiger partial charge is 0.366 e. The maximum absolute atomic E-state index is 11.5. The van der Waals surface area contributed by atoms with Crippen molar-refractivity contribution in [2.75, 3.05) is 0 Å². The molecule has 2 N–H and O–H groups in total. The summed E-state index contributed by atoms with van der Waals surface area (Å²) in [4.78, 5) is 11.5. The smallest absolute Gasteiger partial charge is 0.248 e. The van der Waals surface area contributed by atoms with Crippen LogP contribution in [0.15, 0.2) is 6.07 Å². The zero-order valence-corrected chi connectivity index (χ0v) is 11.4. The highest BCUT2D eigenvalue weighted by Crippen LogP contribution is 2.26. The topological polar surface area (TPSA) is 43.1 Å². The number of primary amides is 1. The monoisotopic (exact) mass is 233 g/mol. The van der Waals surface area contributed by atoms with Crippen molar-refractivity contribution in [2.24, 2.45) is 5.73 Å². The lowest BCUT2D eigenvalue weighted by atomic mass is 9.86. The number of carbonyl (C=O) groups is 1. The van der Waals surface area contributed by atoms with Gasteiger partial charge >= 0.3 is 0 Å². The maximum Gasteiger partial charge on any atom is 0.248 e. The Bertz CT molecular complexity index is 421. The van der Waals surface area contributed by atoms with Crippen molar-refractivity contribution in [1.29, 1.82) is 0 Å². The van der Waals surface area contributed by atoms with Gasteiger partial charge in [-0.25, -0.2) is 0 Å². The zero-order valence-electron chi connectivity index (χ0n) is 11.4. The van der Waals surface area contributed by atoms with E-state index in [4.69, 9.17) is 5.73 Å². The van der Waals surface area contributed by atoms with Crippen molar-refractivity contribution >= 4 is 5.91 Å². The summed E-state index contributed by atoms with van der Waals surface area (Å²) < 4.78 is 0. The second kappa shape index (κ2) is 5.85. The number of benzene rings is 1. The Morgan fingerprint density at radius 3 is 1.82 bits per heavy atom. The lowest BCUT2D eigenvalue weighted by Crippen LogP contribution is -2.17. The molecule has 17 heavy (non-hydrogen) atoms. The number of rotatable bonds is 5. The van der Waals surface area contributed by atoms with Crippen LogP contribution in [0.1, 0.15) is 60.3 Å². The first-order chi connectivity index (χ1) is 8.10. The van der Waals surface area contributed by atoms with E-state index in [0.717, 1.165) is 36.8 Å². The minimum atomic E-state index is -0.297. The van der Waals surface area contributed by atoms with Gasteiger partial charge in [0.15, 0.2) is 0 Å². The van der Waals surface area contributed by atoms with Crippen molar-refractivity contribution < 1.29 is 4.79 Å². The average molecular weight is 233 g/mol. The van der Waals surface area contributed by atoms with Crippen LogP contribution in [0.2, 0.25) is 0 Å². The second-order valence-corrected chi connectivity index (χ2v) is 4.30. The summed E-state index contributed by atoms with van der Waals surface area (Å²) in [6, 6.07) is 2.00. The van der Waals surface area contributed by atoms with Crippen LogP contribution in [0.25, 0.3) is 0 Å². The van der Waals surface area contributed by atoms with Gasteiger partial charge in [-0.1, -0.05) is 27.7 Å². The van der Waals surface area contributed by atoms with E-state index in [0.29, 0.717) is 0 Å². The van der Waals surface area contributed by atoms with Crippen LogP contribution in [0.3, 0.4) is 0 Å². The highest BCUT2D eigenvalue weighted by molar-refractivity contribution is 5.95. The van der Waals surface area contributed by atoms with E-state index < -0.39 is 0 Å². The molecule has 0 radical (unpaired) electrons. The standard InChI is InChI=1S/C15H23NO/c1-5-10-9-14(15(16)17)13(8-4)12(7-3)11(10)6-2/h9H,5-8H2,1-4H3,(H2,16,17). The van der Waals surface area contributed by atoms with E-state index in [9.17, 15) is 4.79 Å². The van der Waals surface area contributed by atoms with Crippen LogP contribution in [0.4, 0.5) is 0 Å². The SMILES string of the molecule is CCc1cc(C(N)=O)c(CC)c(CC)c1CC. The van der Waals surface area contributed by atoms with Crippen molar-refractivity contribution in [3.63, 3.8) is 0 Å². The van der Waals surface area contributed by atoms with Crippen molar-refractivity contribution in [3.05, 3.63) is 33.9 Å². The summed E-state index contributed by atoms with van der Waals surface area (Å²) in [6.07, 6.45) is 3.83. The van der Waals surface area contributed by atoms with Crippen molar-refractivity contribution in [1.82, 2.24) is 0 Å². The van der Waals surface area contributed by atoms with E-state index >= 15 is 0 Å². The Hall–Kier alpha value is -1.31. The average Bonchev–Trinajstić information content (AvgIpc) is 2.35. The molecule has 1 amide bonds. The number of hydrogen-bond acceptors (Lipinski definition) is 1. The molecule has 94 valence electrons. The Morgan fingerprint density at radius 2 is 1.47 bits per heavy atom. The normalized spacial score (nSPS) is 10.6. The lowest BCUT2D eigenvalue weighted by Gasteiger charge is -2.18. The fraction of sp³-hybridized carbons (Fsp3) is 0.533. The van der Waals surface area contributed by atoms with Crippen LogP contribution < -0.4 is 5.73 Å². The highest BCUT2D eigenvalue weighted by Gasteiger charge is 2.16. The fourth-order valence-electron chi connectivity index (χ4n) is 2.69. The first-order valence-corrected chi connectivity index (χ1v) is 6.56. The first-order valence-electron chi connectivity index (χ1n) is 6.56. The molecule has 0 heterocycles. The number of hydrogen-bond donors (Lipinski definition) is 1. The Labute approximate surface area is 104 Å². The van der Waals surface area contributed by atoms with Gasteiger partial charge in [0.1, 0.15) is 0 Å². The highest BCUT2D eigenvalue weighted by atomic mass is 16.1. The van der Waals surface area contributed by atoms with E-state index in [-0.39, 0.29) is 5.91 Å². The third-order valence-electron chi connectivity index (χ3n) is 3.47. The molecule has 0 aliphatic rings. The maximum atomic E-state index is 11.5. The zero-order chi connectivity index (χ0) is 13.0. The summed E-state index contributed by atoms with van der Waals surface area (Å²) in [5.41, 5.74) is 11.4. The molecule has 0 atom stereocenters. The number of carbonyl (C=O) groups excluding carboxylic acids is 1. The van der Waals surface area contributed by atoms with Crippen LogP contribution in [0.5, 0.6) is 0 Å². The van der Waals surface area contributed by atoms with Crippen LogP contribution in [0, 0.1) is 0 Å². The molecule has 0 saturated heterocycles. The predicted molar refractivity (Wildman–Crippen MR) is 72.5 cm³/mol. The molecule has 0 aromatic heterocycles. The van der Waals surface area contributed by atoms with E-state index in [1.807, 2.05) is 6.07 Å². The third-order valence-corrected chi connectivity index (χ3v) is 3.47. The summed E-state index contributed by atoms with van der Waals surface area (Å²) in [7, 11) is 0. The fourth-order valence-corrected chi connectivity index (χ4v) is 2.69. The molecule has 1 aromatic rings. The summed E-state index contributed by atoms with van der Waals surface area (Å²) in [5, 5.41) is 0. The molecule has 1 aromatic carbocycles. The molecular weight excluding hydrogens is 210 g/mol. The molecule has 0 aliphatic heterocycles. The first kappa shape index (κ1) is 13.8. The quantitative estimate of drug-likeness (QED) is 0.834. The van der Waals surface area contributed by atoms with Gasteiger partial charge in [0, 0.05) is 5.56 Å². The lowest BCUT2D eigenvalue weighted by molar-refractivity contribution is 0.0999. The number of aryl methyl sites for hydroxylation is 1. The van der Waals surface area contributed by atoms with Crippen LogP contribution in [-0.4, -0.2) is 5.91 Å². The van der Waals surface area contributed by atoms with Gasteiger partial charge in [-0.2, -0.15) is 0 Å². The van der Waals surface area contributed by atoms with Crippen molar-refractivity contribution in [3.8, 4) is 0 Å². The third kappa shape index (κ3) is 2.51. The van der Waals surface area contributed by atoms with Gasteiger partial charge in [0.25, 0.3) is 0 Å². The van der Waals surface area contributed by atoms with E-state index in [1.165, 1.54) is 16.7 Å². The molecule has 2 nitrogen and oxygen atoms in total. The number of amides is 1. The molecule has 2 heteroatoms. The second-order valence-electron chi connectivity index (χ2n) is 4.30. The van der Waals surface area contributed by atoms with Gasteiger partial charge < -0.3 is 5.73 Å². The molecule has 0 saturated carbocycles. The minimum Gasteiger partial charge on any atom is -0.366 e. The number of nitrogens with two attached hydrogens (primary N) is 1. The van der Waals surface area contributed by atoms with Crippen LogP contribution in [-0.2, 0) is 25.7 Å². The van der Waals surface area contributed by atoms with Crippen molar-refractivity contribution in [2.45, 2.75) is 53.4 Å². The molecule has 0 bridgehead atoms. The van der Waals surface area contributed by atoms with E-state index in [1.54, 1.807) is 0 Å². The molecule has 1 rings (SSSR count). The van der Waals surface area contributed by atoms with Gasteiger partial charge in [0.05, 0.1) is 0 Å². The molecule has 0 unspecified atom stereocenters. The molecule has 0 spiro atoms. The Morgan fingerprint density at radius 1 is 0.941 bits per heavy atom. The molecular formula is C15H23NO. The predicted octanol–water partition coefficient (Wildman–Crippen LogP) is 3.04. The van der Waals surface area contributed by atoms with Gasteiger partial charge in [-0.05, 0) is 54.0 Å². The Balaban J connectivity index is 3.60. The van der Waals surface area contributed by atoms with Gasteiger partial charge in [-0.15, -0.1) is 0 Å². The van der Waals surface area contributed by atoms with Gasteiger partial charge in [0.2, 0.25) is 5.91 Å². The summed E-state index contributed by atoms with van der Waals surface area (Å²) in [5.74, 6) is -0.297. The molecule has 0 fully saturated rings. The minimum absolute atomic E-state index is 0.297. The Kier molecular flexibility index (Phi) is 4.73. The summed E-state index contributed by atoms with van der Waals surface area (Å²) in [6.45, 7) is 8.55. The summed E-state index contributed by atoms with van der Waals surface area (Å²) >= 11 is 0. The van der Waals surface area contributed by atoms with Crippen LogP contribution >= 0.6 is 0 Å². The van der Waals surface area contributed by atoms with Gasteiger partial charge in [-0.3, -0.25) is 4.79 Å².